The van der Waals surface area contributed by atoms with E-state index >= 15 is 0 Å². The predicted molar refractivity (Wildman–Crippen MR) is 66.1 cm³/mol. The van der Waals surface area contributed by atoms with E-state index in [1.165, 1.54) is 38.5 Å². The lowest BCUT2D eigenvalue weighted by Crippen LogP contribution is -2.14. The minimum Gasteiger partial charge on any atom is -0.378 e. The summed E-state index contributed by atoms with van der Waals surface area (Å²) in [4.78, 5) is 0. The van der Waals surface area contributed by atoms with E-state index < -0.39 is 0 Å². The SMILES string of the molecule is CC(C)(C#N)CCCOC1CCCCCC1. The van der Waals surface area contributed by atoms with Gasteiger partial charge in [0.05, 0.1) is 17.6 Å². The van der Waals surface area contributed by atoms with E-state index in [2.05, 4.69) is 6.07 Å². The molecular formula is C14H25NO. The van der Waals surface area contributed by atoms with Crippen LogP contribution in [0.1, 0.15) is 65.2 Å². The number of hydrogen-bond acceptors (Lipinski definition) is 2. The fourth-order valence-electron chi connectivity index (χ4n) is 2.23. The van der Waals surface area contributed by atoms with Crippen LogP contribution in [0.5, 0.6) is 0 Å². The van der Waals surface area contributed by atoms with Crippen LogP contribution in [0.2, 0.25) is 0 Å². The zero-order valence-electron chi connectivity index (χ0n) is 10.8. The molecule has 0 spiro atoms. The molecule has 0 amide bonds. The molecule has 0 heterocycles. The molecule has 2 heteroatoms. The molecule has 1 aliphatic rings. The van der Waals surface area contributed by atoms with Crippen molar-refractivity contribution < 1.29 is 4.74 Å². The van der Waals surface area contributed by atoms with E-state index in [0.29, 0.717) is 6.10 Å². The standard InChI is InChI=1S/C14H25NO/c1-14(2,12-15)10-7-11-16-13-8-5-3-4-6-9-13/h13H,3-11H2,1-2H3. The van der Waals surface area contributed by atoms with Gasteiger partial charge in [-0.15, -0.1) is 0 Å². The molecule has 1 aliphatic carbocycles. The summed E-state index contributed by atoms with van der Waals surface area (Å²) < 4.78 is 5.89. The summed E-state index contributed by atoms with van der Waals surface area (Å²) in [5, 5.41) is 8.89. The van der Waals surface area contributed by atoms with Crippen LogP contribution in [0.25, 0.3) is 0 Å². The lowest BCUT2D eigenvalue weighted by atomic mass is 9.90. The quantitative estimate of drug-likeness (QED) is 0.520. The van der Waals surface area contributed by atoms with Gasteiger partial charge in [-0.3, -0.25) is 0 Å². The van der Waals surface area contributed by atoms with Gasteiger partial charge in [0.2, 0.25) is 0 Å². The maximum absolute atomic E-state index is 8.89. The maximum atomic E-state index is 8.89. The topological polar surface area (TPSA) is 33.0 Å². The number of nitrogens with zero attached hydrogens (tertiary/aromatic N) is 1. The normalized spacial score (nSPS) is 19.1. The lowest BCUT2D eigenvalue weighted by Gasteiger charge is -2.18. The summed E-state index contributed by atoms with van der Waals surface area (Å²) in [5.74, 6) is 0. The highest BCUT2D eigenvalue weighted by Gasteiger charge is 2.17. The summed E-state index contributed by atoms with van der Waals surface area (Å²) in [7, 11) is 0. The highest BCUT2D eigenvalue weighted by Crippen LogP contribution is 2.23. The molecule has 1 saturated carbocycles. The zero-order valence-corrected chi connectivity index (χ0v) is 10.8. The maximum Gasteiger partial charge on any atom is 0.0683 e. The van der Waals surface area contributed by atoms with Gasteiger partial charge in [-0.1, -0.05) is 25.7 Å². The van der Waals surface area contributed by atoms with Gasteiger partial charge in [0.25, 0.3) is 0 Å². The van der Waals surface area contributed by atoms with E-state index in [1.807, 2.05) is 13.8 Å². The van der Waals surface area contributed by atoms with Gasteiger partial charge in [0.15, 0.2) is 0 Å². The first kappa shape index (κ1) is 13.5. The molecule has 0 unspecified atom stereocenters. The van der Waals surface area contributed by atoms with E-state index in [9.17, 15) is 0 Å². The zero-order chi connectivity index (χ0) is 11.9. The van der Waals surface area contributed by atoms with Gasteiger partial charge >= 0.3 is 0 Å². The van der Waals surface area contributed by atoms with E-state index in [4.69, 9.17) is 10.00 Å². The van der Waals surface area contributed by atoms with Gasteiger partial charge in [-0.05, 0) is 39.5 Å². The van der Waals surface area contributed by atoms with Crippen molar-refractivity contribution in [3.8, 4) is 6.07 Å². The van der Waals surface area contributed by atoms with Gasteiger partial charge in [-0.2, -0.15) is 5.26 Å². The summed E-state index contributed by atoms with van der Waals surface area (Å²) in [5.41, 5.74) is -0.188. The average molecular weight is 223 g/mol. The Balaban J connectivity index is 2.08. The first-order chi connectivity index (χ1) is 7.64. The van der Waals surface area contributed by atoms with Crippen LogP contribution in [0, 0.1) is 16.7 Å². The Kier molecular flexibility index (Phi) is 5.84. The van der Waals surface area contributed by atoms with Crippen LogP contribution in [0.15, 0.2) is 0 Å². The van der Waals surface area contributed by atoms with Crippen molar-refractivity contribution in [1.29, 1.82) is 5.26 Å². The second-order valence-electron chi connectivity index (χ2n) is 5.58. The number of hydrogen-bond donors (Lipinski definition) is 0. The highest BCUT2D eigenvalue weighted by atomic mass is 16.5. The molecular weight excluding hydrogens is 198 g/mol. The van der Waals surface area contributed by atoms with Crippen molar-refractivity contribution in [3.05, 3.63) is 0 Å². The smallest absolute Gasteiger partial charge is 0.0683 e. The first-order valence-corrected chi connectivity index (χ1v) is 6.67. The van der Waals surface area contributed by atoms with Crippen molar-refractivity contribution in [1.82, 2.24) is 0 Å². The van der Waals surface area contributed by atoms with Gasteiger partial charge < -0.3 is 4.74 Å². The Hall–Kier alpha value is -0.550. The number of ether oxygens (including phenoxy) is 1. The van der Waals surface area contributed by atoms with E-state index in [-0.39, 0.29) is 5.41 Å². The van der Waals surface area contributed by atoms with Crippen molar-refractivity contribution in [2.24, 2.45) is 5.41 Å². The largest absolute Gasteiger partial charge is 0.378 e. The Labute approximate surface area is 100.0 Å². The molecule has 92 valence electrons. The fourth-order valence-corrected chi connectivity index (χ4v) is 2.23. The summed E-state index contributed by atoms with van der Waals surface area (Å²) >= 11 is 0. The molecule has 16 heavy (non-hydrogen) atoms. The molecule has 2 nitrogen and oxygen atoms in total. The Bertz CT molecular complexity index is 221. The van der Waals surface area contributed by atoms with Crippen LogP contribution >= 0.6 is 0 Å². The first-order valence-electron chi connectivity index (χ1n) is 6.67. The Morgan fingerprint density at radius 1 is 1.19 bits per heavy atom. The van der Waals surface area contributed by atoms with Crippen LogP contribution in [-0.2, 0) is 4.74 Å². The second kappa shape index (κ2) is 6.91. The van der Waals surface area contributed by atoms with Crippen molar-refractivity contribution in [3.63, 3.8) is 0 Å². The molecule has 0 radical (unpaired) electrons. The summed E-state index contributed by atoms with van der Waals surface area (Å²) in [6.07, 6.45) is 10.3. The molecule has 0 aliphatic heterocycles. The molecule has 0 bridgehead atoms. The van der Waals surface area contributed by atoms with Crippen molar-refractivity contribution >= 4 is 0 Å². The number of rotatable bonds is 5. The molecule has 0 aromatic rings. The minimum atomic E-state index is -0.188. The molecule has 0 saturated heterocycles. The lowest BCUT2D eigenvalue weighted by molar-refractivity contribution is 0.0384. The molecule has 1 fully saturated rings. The third kappa shape index (κ3) is 5.51. The molecule has 0 N–H and O–H groups in total. The molecule has 0 aromatic heterocycles. The van der Waals surface area contributed by atoms with Gasteiger partial charge in [0, 0.05) is 6.61 Å². The van der Waals surface area contributed by atoms with Crippen molar-refractivity contribution in [2.75, 3.05) is 6.61 Å². The van der Waals surface area contributed by atoms with Crippen LogP contribution in [0.4, 0.5) is 0 Å². The predicted octanol–water partition coefficient (Wildman–Crippen LogP) is 4.06. The Morgan fingerprint density at radius 3 is 2.38 bits per heavy atom. The van der Waals surface area contributed by atoms with Crippen LogP contribution < -0.4 is 0 Å². The molecule has 1 rings (SSSR count). The van der Waals surface area contributed by atoms with Crippen LogP contribution in [0.3, 0.4) is 0 Å². The molecule has 0 aromatic carbocycles. The number of nitriles is 1. The Morgan fingerprint density at radius 2 is 1.81 bits per heavy atom. The van der Waals surface area contributed by atoms with Gasteiger partial charge in [0.1, 0.15) is 0 Å². The monoisotopic (exact) mass is 223 g/mol. The van der Waals surface area contributed by atoms with E-state index in [1.54, 1.807) is 0 Å². The van der Waals surface area contributed by atoms with Crippen molar-refractivity contribution in [2.45, 2.75) is 71.3 Å². The van der Waals surface area contributed by atoms with E-state index in [0.717, 1.165) is 19.4 Å². The highest BCUT2D eigenvalue weighted by molar-refractivity contribution is 4.91. The second-order valence-corrected chi connectivity index (χ2v) is 5.58. The summed E-state index contributed by atoms with van der Waals surface area (Å²) in [6.45, 7) is 4.83. The van der Waals surface area contributed by atoms with Crippen LogP contribution in [-0.4, -0.2) is 12.7 Å². The molecule has 0 atom stereocenters. The third-order valence-corrected chi connectivity index (χ3v) is 3.40. The summed E-state index contributed by atoms with van der Waals surface area (Å²) in [6, 6.07) is 2.33. The minimum absolute atomic E-state index is 0.188. The third-order valence-electron chi connectivity index (χ3n) is 3.40. The average Bonchev–Trinajstić information content (AvgIpc) is 2.53. The van der Waals surface area contributed by atoms with Gasteiger partial charge in [-0.25, -0.2) is 0 Å². The fraction of sp³-hybridized carbons (Fsp3) is 0.929.